The summed E-state index contributed by atoms with van der Waals surface area (Å²) >= 11 is 0. The number of benzene rings is 1. The van der Waals surface area contributed by atoms with E-state index in [2.05, 4.69) is 19.0 Å². The third-order valence-electron chi connectivity index (χ3n) is 1.36. The molecule has 0 aliphatic heterocycles. The molecule has 0 unspecified atom stereocenters. The highest BCUT2D eigenvalue weighted by atomic mass is 16.5. The fourth-order valence-corrected chi connectivity index (χ4v) is 0.760. The Morgan fingerprint density at radius 2 is 2.00 bits per heavy atom. The highest BCUT2D eigenvalue weighted by Crippen LogP contribution is 2.06. The van der Waals surface area contributed by atoms with E-state index >= 15 is 0 Å². The molecule has 1 aromatic rings. The minimum atomic E-state index is 0.807. The van der Waals surface area contributed by atoms with Crippen LogP contribution >= 0.6 is 0 Å². The lowest BCUT2D eigenvalue weighted by molar-refractivity contribution is 0.518. The molecular weight excluding hydrogens is 148 g/mol. The fourth-order valence-electron chi connectivity index (χ4n) is 0.760. The van der Waals surface area contributed by atoms with Crippen LogP contribution in [0.25, 0.3) is 0 Å². The summed E-state index contributed by atoms with van der Waals surface area (Å²) in [7, 11) is 0. The van der Waals surface area contributed by atoms with Crippen molar-refractivity contribution in [3.63, 3.8) is 0 Å². The van der Waals surface area contributed by atoms with E-state index in [1.54, 1.807) is 0 Å². The summed E-state index contributed by atoms with van der Waals surface area (Å²) in [6, 6.07) is 9.58. The minimum Gasteiger partial charge on any atom is -0.408 e. The zero-order chi connectivity index (χ0) is 8.65. The monoisotopic (exact) mass is 160 g/mol. The van der Waals surface area contributed by atoms with Gasteiger partial charge in [-0.3, -0.25) is 0 Å². The standard InChI is InChI=1S/C11H12O/c1-2-3-7-10-12-11-8-5-4-6-9-11/h4-6,8-9H,2-3H2,1H3. The lowest BCUT2D eigenvalue weighted by Gasteiger charge is -1.93. The zero-order valence-corrected chi connectivity index (χ0v) is 7.21. The smallest absolute Gasteiger partial charge is 0.140 e. The van der Waals surface area contributed by atoms with Gasteiger partial charge in [-0.2, -0.15) is 0 Å². The highest BCUT2D eigenvalue weighted by Gasteiger charge is 1.84. The molecule has 0 heterocycles. The molecule has 0 N–H and O–H groups in total. The van der Waals surface area contributed by atoms with E-state index in [-0.39, 0.29) is 0 Å². The van der Waals surface area contributed by atoms with Gasteiger partial charge in [-0.05, 0) is 18.6 Å². The lowest BCUT2D eigenvalue weighted by Crippen LogP contribution is -1.80. The number of hydrogen-bond acceptors (Lipinski definition) is 1. The van der Waals surface area contributed by atoms with Crippen LogP contribution in [0.5, 0.6) is 5.75 Å². The van der Waals surface area contributed by atoms with Crippen molar-refractivity contribution >= 4 is 0 Å². The molecule has 0 fully saturated rings. The molecule has 0 bridgehead atoms. The summed E-state index contributed by atoms with van der Waals surface area (Å²) in [5.41, 5.74) is 0. The molecule has 1 rings (SSSR count). The zero-order valence-electron chi connectivity index (χ0n) is 7.21. The van der Waals surface area contributed by atoms with Gasteiger partial charge in [0.25, 0.3) is 0 Å². The van der Waals surface area contributed by atoms with Gasteiger partial charge in [0, 0.05) is 6.42 Å². The summed E-state index contributed by atoms with van der Waals surface area (Å²) in [5, 5.41) is 0. The van der Waals surface area contributed by atoms with Gasteiger partial charge in [-0.25, -0.2) is 0 Å². The molecule has 1 nitrogen and oxygen atoms in total. The molecule has 0 aromatic heterocycles. The first kappa shape index (κ1) is 8.67. The van der Waals surface area contributed by atoms with Crippen LogP contribution in [0.2, 0.25) is 0 Å². The number of hydrogen-bond donors (Lipinski definition) is 0. The molecule has 0 spiro atoms. The SMILES string of the molecule is CCCC#COc1ccccc1. The minimum absolute atomic E-state index is 0.807. The van der Waals surface area contributed by atoms with E-state index in [4.69, 9.17) is 4.74 Å². The van der Waals surface area contributed by atoms with Gasteiger partial charge < -0.3 is 4.74 Å². The number of ether oxygens (including phenoxy) is 1. The lowest BCUT2D eigenvalue weighted by atomic mass is 10.3. The molecular formula is C11H12O. The quantitative estimate of drug-likeness (QED) is 0.604. The van der Waals surface area contributed by atoms with Crippen LogP contribution in [0.1, 0.15) is 19.8 Å². The van der Waals surface area contributed by atoms with E-state index < -0.39 is 0 Å². The van der Waals surface area contributed by atoms with Crippen LogP contribution in [0.4, 0.5) is 0 Å². The van der Waals surface area contributed by atoms with E-state index in [0.29, 0.717) is 0 Å². The maximum atomic E-state index is 5.15. The molecule has 0 radical (unpaired) electrons. The Labute approximate surface area is 73.4 Å². The van der Waals surface area contributed by atoms with Gasteiger partial charge in [-0.15, -0.1) is 0 Å². The van der Waals surface area contributed by atoms with E-state index in [0.717, 1.165) is 18.6 Å². The topological polar surface area (TPSA) is 9.23 Å². The molecule has 0 aliphatic rings. The predicted octanol–water partition coefficient (Wildman–Crippen LogP) is 2.83. The van der Waals surface area contributed by atoms with Crippen LogP contribution in [0, 0.1) is 12.0 Å². The maximum Gasteiger partial charge on any atom is 0.140 e. The predicted molar refractivity (Wildman–Crippen MR) is 49.8 cm³/mol. The second kappa shape index (κ2) is 5.26. The van der Waals surface area contributed by atoms with Crippen LogP contribution in [-0.4, -0.2) is 0 Å². The Kier molecular flexibility index (Phi) is 3.80. The first-order valence-corrected chi connectivity index (χ1v) is 4.13. The van der Waals surface area contributed by atoms with Crippen molar-refractivity contribution in [3.8, 4) is 17.8 Å². The Morgan fingerprint density at radius 3 is 2.67 bits per heavy atom. The molecule has 1 aromatic carbocycles. The first-order chi connectivity index (χ1) is 5.93. The van der Waals surface area contributed by atoms with Crippen molar-refractivity contribution in [2.45, 2.75) is 19.8 Å². The summed E-state index contributed by atoms with van der Waals surface area (Å²) in [5.74, 6) is 3.72. The molecule has 0 amide bonds. The van der Waals surface area contributed by atoms with Gasteiger partial charge in [0.1, 0.15) is 11.9 Å². The summed E-state index contributed by atoms with van der Waals surface area (Å²) in [6.07, 6.45) is 4.62. The van der Waals surface area contributed by atoms with Crippen LogP contribution in [0.15, 0.2) is 30.3 Å². The van der Waals surface area contributed by atoms with Gasteiger partial charge in [0.05, 0.1) is 0 Å². The normalized spacial score (nSPS) is 8.42. The second-order valence-corrected chi connectivity index (χ2v) is 2.44. The van der Waals surface area contributed by atoms with Crippen molar-refractivity contribution < 1.29 is 4.74 Å². The Morgan fingerprint density at radius 1 is 1.25 bits per heavy atom. The van der Waals surface area contributed by atoms with Gasteiger partial charge in [0.2, 0.25) is 0 Å². The summed E-state index contributed by atoms with van der Waals surface area (Å²) < 4.78 is 5.15. The Hall–Kier alpha value is -1.42. The third-order valence-corrected chi connectivity index (χ3v) is 1.36. The highest BCUT2D eigenvalue weighted by molar-refractivity contribution is 5.22. The van der Waals surface area contributed by atoms with Crippen LogP contribution in [0.3, 0.4) is 0 Å². The third kappa shape index (κ3) is 3.12. The van der Waals surface area contributed by atoms with Crippen LogP contribution < -0.4 is 4.74 Å². The van der Waals surface area contributed by atoms with Crippen molar-refractivity contribution in [3.05, 3.63) is 30.3 Å². The number of unbranched alkanes of at least 4 members (excludes halogenated alkanes) is 1. The molecule has 1 heteroatoms. The van der Waals surface area contributed by atoms with Gasteiger partial charge in [-0.1, -0.05) is 31.0 Å². The summed E-state index contributed by atoms with van der Waals surface area (Å²) in [4.78, 5) is 0. The van der Waals surface area contributed by atoms with Crippen molar-refractivity contribution in [1.82, 2.24) is 0 Å². The largest absolute Gasteiger partial charge is 0.408 e. The Bertz CT molecular complexity index is 266. The average Bonchev–Trinajstić information content (AvgIpc) is 2.14. The molecule has 62 valence electrons. The van der Waals surface area contributed by atoms with E-state index in [1.165, 1.54) is 0 Å². The van der Waals surface area contributed by atoms with E-state index in [1.807, 2.05) is 30.3 Å². The molecule has 0 saturated heterocycles. The second-order valence-electron chi connectivity index (χ2n) is 2.44. The number of para-hydroxylation sites is 1. The molecule has 0 atom stereocenters. The van der Waals surface area contributed by atoms with E-state index in [9.17, 15) is 0 Å². The maximum absolute atomic E-state index is 5.15. The van der Waals surface area contributed by atoms with Crippen molar-refractivity contribution in [1.29, 1.82) is 0 Å². The molecule has 0 saturated carbocycles. The van der Waals surface area contributed by atoms with Crippen molar-refractivity contribution in [2.24, 2.45) is 0 Å². The Balaban J connectivity index is 2.40. The first-order valence-electron chi connectivity index (χ1n) is 4.13. The molecule has 0 aliphatic carbocycles. The van der Waals surface area contributed by atoms with Gasteiger partial charge in [0.15, 0.2) is 0 Å². The average molecular weight is 160 g/mol. The molecule has 12 heavy (non-hydrogen) atoms. The fraction of sp³-hybridized carbons (Fsp3) is 0.273. The van der Waals surface area contributed by atoms with Gasteiger partial charge >= 0.3 is 0 Å². The number of rotatable bonds is 2. The van der Waals surface area contributed by atoms with Crippen molar-refractivity contribution in [2.75, 3.05) is 0 Å². The summed E-state index contributed by atoms with van der Waals surface area (Å²) in [6.45, 7) is 2.09. The van der Waals surface area contributed by atoms with Crippen LogP contribution in [-0.2, 0) is 0 Å².